The van der Waals surface area contributed by atoms with E-state index in [4.69, 9.17) is 26.2 Å². The Morgan fingerprint density at radius 2 is 1.50 bits per heavy atom. The van der Waals surface area contributed by atoms with Gasteiger partial charge in [0, 0.05) is 0 Å². The zero-order valence-corrected chi connectivity index (χ0v) is 5.91. The standard InChI is InChI=1S/C5H9NO6/c6-1(4(9)10)2(7)3(8)5(11)12/h1-3,7-8H,6H2,(H,9,10)(H,11,12)/t1-,2-,3-/m0/s1. The summed E-state index contributed by atoms with van der Waals surface area (Å²) in [6, 6.07) is -1.81. The molecule has 0 saturated heterocycles. The molecule has 0 aromatic rings. The van der Waals surface area contributed by atoms with Gasteiger partial charge in [-0.3, -0.25) is 4.79 Å². The SMILES string of the molecule is N[C@H](C(=O)O)[C@H](O)[C@H](O)C(=O)O. The topological polar surface area (TPSA) is 141 Å². The Bertz CT molecular complexity index is 172. The summed E-state index contributed by atoms with van der Waals surface area (Å²) in [5.41, 5.74) is 4.83. The van der Waals surface area contributed by atoms with Gasteiger partial charge in [-0.25, -0.2) is 4.79 Å². The number of nitrogens with two attached hydrogens (primary N) is 1. The van der Waals surface area contributed by atoms with Gasteiger partial charge in [0.2, 0.25) is 0 Å². The fourth-order valence-electron chi connectivity index (χ4n) is 0.489. The summed E-state index contributed by atoms with van der Waals surface area (Å²) < 4.78 is 0. The van der Waals surface area contributed by atoms with Crippen LogP contribution in [-0.4, -0.2) is 50.6 Å². The summed E-state index contributed by atoms with van der Waals surface area (Å²) in [7, 11) is 0. The van der Waals surface area contributed by atoms with Crippen LogP contribution in [0.1, 0.15) is 0 Å². The quantitative estimate of drug-likeness (QED) is 0.314. The molecule has 0 rings (SSSR count). The summed E-state index contributed by atoms with van der Waals surface area (Å²) in [5.74, 6) is -3.30. The lowest BCUT2D eigenvalue weighted by Crippen LogP contribution is -2.50. The molecule has 0 bridgehead atoms. The molecule has 0 heterocycles. The Kier molecular flexibility index (Phi) is 3.61. The van der Waals surface area contributed by atoms with E-state index < -0.39 is 30.2 Å². The van der Waals surface area contributed by atoms with Crippen LogP contribution in [0.5, 0.6) is 0 Å². The number of rotatable bonds is 4. The van der Waals surface area contributed by atoms with Crippen molar-refractivity contribution in [3.05, 3.63) is 0 Å². The van der Waals surface area contributed by atoms with E-state index in [1.807, 2.05) is 0 Å². The molecule has 6 N–H and O–H groups in total. The second kappa shape index (κ2) is 4.00. The van der Waals surface area contributed by atoms with Gasteiger partial charge in [-0.1, -0.05) is 0 Å². The monoisotopic (exact) mass is 179 g/mol. The molecule has 0 unspecified atom stereocenters. The average Bonchev–Trinajstić information content (AvgIpc) is 2.00. The predicted molar refractivity (Wildman–Crippen MR) is 35.3 cm³/mol. The second-order valence-corrected chi connectivity index (χ2v) is 2.14. The highest BCUT2D eigenvalue weighted by molar-refractivity contribution is 5.78. The highest BCUT2D eigenvalue weighted by Gasteiger charge is 2.32. The number of hydrogen-bond acceptors (Lipinski definition) is 5. The van der Waals surface area contributed by atoms with Crippen molar-refractivity contribution in [1.82, 2.24) is 0 Å². The molecule has 0 spiro atoms. The van der Waals surface area contributed by atoms with Gasteiger partial charge in [0.15, 0.2) is 6.10 Å². The minimum atomic E-state index is -2.18. The van der Waals surface area contributed by atoms with Gasteiger partial charge in [-0.05, 0) is 0 Å². The third kappa shape index (κ3) is 2.46. The number of aliphatic hydroxyl groups is 2. The Morgan fingerprint density at radius 3 is 1.75 bits per heavy atom. The summed E-state index contributed by atoms with van der Waals surface area (Å²) in [4.78, 5) is 20.1. The highest BCUT2D eigenvalue weighted by atomic mass is 16.4. The zero-order valence-electron chi connectivity index (χ0n) is 5.91. The Labute approximate surface area is 67.0 Å². The smallest absolute Gasteiger partial charge is 0.335 e. The van der Waals surface area contributed by atoms with E-state index in [0.717, 1.165) is 0 Å². The number of carboxylic acids is 2. The first-order valence-corrected chi connectivity index (χ1v) is 2.95. The first kappa shape index (κ1) is 10.8. The molecule has 3 atom stereocenters. The average molecular weight is 179 g/mol. The maximum atomic E-state index is 10.1. The van der Waals surface area contributed by atoms with E-state index in [9.17, 15) is 9.59 Å². The first-order chi connectivity index (χ1) is 5.37. The molecule has 0 aliphatic carbocycles. The van der Waals surface area contributed by atoms with Gasteiger partial charge in [0.05, 0.1) is 0 Å². The minimum Gasteiger partial charge on any atom is -0.480 e. The van der Waals surface area contributed by atoms with Crippen LogP contribution in [0.2, 0.25) is 0 Å². The van der Waals surface area contributed by atoms with Crippen molar-refractivity contribution in [2.24, 2.45) is 5.73 Å². The number of hydrogen-bond donors (Lipinski definition) is 5. The molecule has 0 amide bonds. The lowest BCUT2D eigenvalue weighted by atomic mass is 10.1. The first-order valence-electron chi connectivity index (χ1n) is 2.95. The van der Waals surface area contributed by atoms with Crippen molar-refractivity contribution in [2.45, 2.75) is 18.2 Å². The van der Waals surface area contributed by atoms with Crippen molar-refractivity contribution in [2.75, 3.05) is 0 Å². The molecule has 0 fully saturated rings. The van der Waals surface area contributed by atoms with Crippen LogP contribution in [0.4, 0.5) is 0 Å². The largest absolute Gasteiger partial charge is 0.480 e. The molecule has 0 aliphatic rings. The molecule has 7 heteroatoms. The van der Waals surface area contributed by atoms with E-state index in [1.54, 1.807) is 0 Å². The van der Waals surface area contributed by atoms with Gasteiger partial charge in [0.25, 0.3) is 0 Å². The number of aliphatic carboxylic acids is 2. The maximum absolute atomic E-state index is 10.1. The van der Waals surface area contributed by atoms with Crippen LogP contribution in [0.25, 0.3) is 0 Å². The normalized spacial score (nSPS) is 17.9. The van der Waals surface area contributed by atoms with Gasteiger partial charge < -0.3 is 26.2 Å². The van der Waals surface area contributed by atoms with Crippen molar-refractivity contribution in [3.63, 3.8) is 0 Å². The number of aliphatic hydroxyl groups excluding tert-OH is 2. The van der Waals surface area contributed by atoms with Gasteiger partial charge in [-0.2, -0.15) is 0 Å². The van der Waals surface area contributed by atoms with Crippen LogP contribution < -0.4 is 5.73 Å². The lowest BCUT2D eigenvalue weighted by Gasteiger charge is -2.16. The fourth-order valence-corrected chi connectivity index (χ4v) is 0.489. The van der Waals surface area contributed by atoms with E-state index in [2.05, 4.69) is 0 Å². The van der Waals surface area contributed by atoms with Crippen LogP contribution in [0.15, 0.2) is 0 Å². The van der Waals surface area contributed by atoms with E-state index in [0.29, 0.717) is 0 Å². The minimum absolute atomic E-state index is 1.58. The highest BCUT2D eigenvalue weighted by Crippen LogP contribution is 1.98. The van der Waals surface area contributed by atoms with Crippen LogP contribution in [0, 0.1) is 0 Å². The van der Waals surface area contributed by atoms with Crippen LogP contribution in [-0.2, 0) is 9.59 Å². The molecule has 0 aromatic heterocycles. The molecule has 0 aliphatic heterocycles. The summed E-state index contributed by atoms with van der Waals surface area (Å²) >= 11 is 0. The van der Waals surface area contributed by atoms with Gasteiger partial charge >= 0.3 is 11.9 Å². The van der Waals surface area contributed by atoms with E-state index >= 15 is 0 Å². The van der Waals surface area contributed by atoms with Crippen molar-refractivity contribution < 1.29 is 30.0 Å². The predicted octanol–water partition coefficient (Wildman–Crippen LogP) is -2.80. The summed E-state index contributed by atoms with van der Waals surface area (Å²) in [5, 5.41) is 33.7. The number of carboxylic acid groups (broad SMARTS) is 2. The van der Waals surface area contributed by atoms with E-state index in [1.165, 1.54) is 0 Å². The third-order valence-electron chi connectivity index (χ3n) is 1.23. The second-order valence-electron chi connectivity index (χ2n) is 2.14. The molecule has 0 aromatic carbocycles. The molecule has 70 valence electrons. The summed E-state index contributed by atoms with van der Waals surface area (Å²) in [6.45, 7) is 0. The molecule has 12 heavy (non-hydrogen) atoms. The van der Waals surface area contributed by atoms with Gasteiger partial charge in [-0.15, -0.1) is 0 Å². The maximum Gasteiger partial charge on any atom is 0.335 e. The molecule has 0 saturated carbocycles. The number of carbonyl (C=O) groups is 2. The van der Waals surface area contributed by atoms with Crippen LogP contribution >= 0.6 is 0 Å². The van der Waals surface area contributed by atoms with E-state index in [-0.39, 0.29) is 0 Å². The zero-order chi connectivity index (χ0) is 9.89. The Morgan fingerprint density at radius 1 is 1.08 bits per heavy atom. The van der Waals surface area contributed by atoms with Crippen LogP contribution in [0.3, 0.4) is 0 Å². The Hall–Kier alpha value is -1.18. The fraction of sp³-hybridized carbons (Fsp3) is 0.600. The lowest BCUT2D eigenvalue weighted by molar-refractivity contribution is -0.156. The molecule has 0 radical (unpaired) electrons. The molecular formula is C5H9NO6. The Balaban J connectivity index is 4.28. The molecule has 7 nitrogen and oxygen atoms in total. The summed E-state index contributed by atoms with van der Waals surface area (Å²) in [6.07, 6.45) is -4.20. The van der Waals surface area contributed by atoms with Crippen molar-refractivity contribution in [3.8, 4) is 0 Å². The third-order valence-corrected chi connectivity index (χ3v) is 1.23. The van der Waals surface area contributed by atoms with Crippen molar-refractivity contribution in [1.29, 1.82) is 0 Å². The van der Waals surface area contributed by atoms with Gasteiger partial charge in [0.1, 0.15) is 12.1 Å². The molecular weight excluding hydrogens is 170 g/mol. The van der Waals surface area contributed by atoms with Crippen molar-refractivity contribution >= 4 is 11.9 Å².